The second-order valence-electron chi connectivity index (χ2n) is 7.65. The number of nitrogens with one attached hydrogen (secondary N) is 2. The number of sulfonamides is 1. The Morgan fingerprint density at radius 2 is 1.58 bits per heavy atom. The number of carbonyl (C=O) groups excluding carboxylic acids is 2. The fraction of sp³-hybridized carbons (Fsp3) is 0.364. The van der Waals surface area contributed by atoms with Gasteiger partial charge >= 0.3 is 0 Å². The topological polar surface area (TPSA) is 98.8 Å². The monoisotopic (exact) mass is 444 g/mol. The molecule has 8 nitrogen and oxygen atoms in total. The van der Waals surface area contributed by atoms with Crippen LogP contribution < -0.4 is 10.6 Å². The van der Waals surface area contributed by atoms with Crippen LogP contribution in [0.4, 0.5) is 5.69 Å². The average molecular weight is 445 g/mol. The summed E-state index contributed by atoms with van der Waals surface area (Å²) in [6, 6.07) is 15.0. The lowest BCUT2D eigenvalue weighted by molar-refractivity contribution is -0.120. The summed E-state index contributed by atoms with van der Waals surface area (Å²) in [4.78, 5) is 26.4. The molecule has 2 aromatic carbocycles. The maximum Gasteiger partial charge on any atom is 0.243 e. The van der Waals surface area contributed by atoms with E-state index < -0.39 is 16.1 Å². The molecule has 1 aliphatic rings. The molecule has 31 heavy (non-hydrogen) atoms. The number of amides is 2. The molecule has 1 heterocycles. The Bertz CT molecular complexity index is 1000. The number of anilines is 1. The maximum atomic E-state index is 12.8. The lowest BCUT2D eigenvalue weighted by Gasteiger charge is -2.31. The van der Waals surface area contributed by atoms with Gasteiger partial charge in [0.15, 0.2) is 0 Å². The Morgan fingerprint density at radius 1 is 0.968 bits per heavy atom. The predicted molar refractivity (Wildman–Crippen MR) is 119 cm³/mol. The van der Waals surface area contributed by atoms with Crippen LogP contribution in [0, 0.1) is 0 Å². The van der Waals surface area contributed by atoms with Gasteiger partial charge in [0.05, 0.1) is 17.4 Å². The fourth-order valence-corrected chi connectivity index (χ4v) is 4.89. The van der Waals surface area contributed by atoms with Gasteiger partial charge in [0.25, 0.3) is 0 Å². The number of nitrogens with zero attached hydrogens (tertiary/aromatic N) is 2. The minimum atomic E-state index is -3.55. The molecule has 0 aromatic heterocycles. The fourth-order valence-electron chi connectivity index (χ4n) is 3.47. The van der Waals surface area contributed by atoms with Crippen molar-refractivity contribution in [2.45, 2.75) is 24.3 Å². The van der Waals surface area contributed by atoms with Crippen LogP contribution in [0.3, 0.4) is 0 Å². The van der Waals surface area contributed by atoms with E-state index in [4.69, 9.17) is 0 Å². The van der Waals surface area contributed by atoms with E-state index in [2.05, 4.69) is 15.5 Å². The van der Waals surface area contributed by atoms with Gasteiger partial charge in [-0.05, 0) is 36.9 Å². The van der Waals surface area contributed by atoms with Gasteiger partial charge in [0, 0.05) is 38.8 Å². The summed E-state index contributed by atoms with van der Waals surface area (Å²) in [5, 5.41) is 5.57. The van der Waals surface area contributed by atoms with Gasteiger partial charge in [-0.25, -0.2) is 8.42 Å². The van der Waals surface area contributed by atoms with Gasteiger partial charge in [0.1, 0.15) is 0 Å². The lowest BCUT2D eigenvalue weighted by atomic mass is 10.0. The first-order chi connectivity index (χ1) is 14.8. The van der Waals surface area contributed by atoms with Crippen molar-refractivity contribution in [3.8, 4) is 0 Å². The number of benzene rings is 2. The quantitative estimate of drug-likeness (QED) is 0.679. The highest BCUT2D eigenvalue weighted by atomic mass is 32.2. The molecule has 9 heteroatoms. The van der Waals surface area contributed by atoms with Crippen LogP contribution in [-0.4, -0.2) is 62.7 Å². The van der Waals surface area contributed by atoms with Crippen molar-refractivity contribution in [3.05, 3.63) is 60.2 Å². The molecule has 1 fully saturated rings. The summed E-state index contributed by atoms with van der Waals surface area (Å²) < 4.78 is 27.1. The minimum Gasteiger partial charge on any atom is -0.349 e. The van der Waals surface area contributed by atoms with Gasteiger partial charge in [-0.3, -0.25) is 9.59 Å². The first-order valence-corrected chi connectivity index (χ1v) is 11.6. The van der Waals surface area contributed by atoms with E-state index in [0.717, 1.165) is 5.56 Å². The maximum absolute atomic E-state index is 12.8. The number of likely N-dealkylation sites (N-methyl/N-ethyl adjacent to an activating group) is 1. The Hall–Kier alpha value is -2.75. The first-order valence-electron chi connectivity index (χ1n) is 10.2. The van der Waals surface area contributed by atoms with E-state index in [1.54, 1.807) is 12.1 Å². The molecule has 0 radical (unpaired) electrons. The highest BCUT2D eigenvalue weighted by molar-refractivity contribution is 7.89. The Kier molecular flexibility index (Phi) is 7.42. The van der Waals surface area contributed by atoms with Crippen LogP contribution in [0.1, 0.15) is 24.9 Å². The highest BCUT2D eigenvalue weighted by Gasteiger charge is 2.27. The molecule has 1 aliphatic heterocycles. The SMILES string of the molecule is CC(=O)NC(CC(=O)Nc1ccc(S(=O)(=O)N2CCN(C)CC2)cc1)c1ccccc1. The summed E-state index contributed by atoms with van der Waals surface area (Å²) >= 11 is 0. The van der Waals surface area contributed by atoms with Crippen LogP contribution in [0.5, 0.6) is 0 Å². The van der Waals surface area contributed by atoms with E-state index in [-0.39, 0.29) is 23.1 Å². The first kappa shape index (κ1) is 22.9. The van der Waals surface area contributed by atoms with Crippen LogP contribution in [0.15, 0.2) is 59.5 Å². The normalized spacial score (nSPS) is 16.5. The van der Waals surface area contributed by atoms with E-state index in [9.17, 15) is 18.0 Å². The minimum absolute atomic E-state index is 0.0605. The molecule has 0 saturated carbocycles. The molecule has 2 aromatic rings. The molecule has 0 aliphatic carbocycles. The standard InChI is InChI=1S/C22H28N4O4S/c1-17(27)23-21(18-6-4-3-5-7-18)16-22(28)24-19-8-10-20(11-9-19)31(29,30)26-14-12-25(2)13-15-26/h3-11,21H,12-16H2,1-2H3,(H,23,27)(H,24,28). The second-order valence-corrected chi connectivity index (χ2v) is 9.59. The third-order valence-corrected chi connectivity index (χ3v) is 7.12. The molecule has 166 valence electrons. The number of rotatable bonds is 7. The van der Waals surface area contributed by atoms with E-state index in [1.807, 2.05) is 37.4 Å². The highest BCUT2D eigenvalue weighted by Crippen LogP contribution is 2.21. The molecule has 0 bridgehead atoms. The zero-order chi connectivity index (χ0) is 22.4. The van der Waals surface area contributed by atoms with Gasteiger partial charge < -0.3 is 15.5 Å². The Morgan fingerprint density at radius 3 is 2.16 bits per heavy atom. The van der Waals surface area contributed by atoms with Crippen LogP contribution >= 0.6 is 0 Å². The smallest absolute Gasteiger partial charge is 0.243 e. The van der Waals surface area contributed by atoms with Gasteiger partial charge in [-0.15, -0.1) is 0 Å². The third kappa shape index (κ3) is 6.13. The summed E-state index contributed by atoms with van der Waals surface area (Å²) in [5.74, 6) is -0.502. The van der Waals surface area contributed by atoms with E-state index in [0.29, 0.717) is 31.9 Å². The summed E-state index contributed by atoms with van der Waals surface area (Å²) in [6.07, 6.45) is 0.0605. The average Bonchev–Trinajstić information content (AvgIpc) is 2.74. The molecule has 0 spiro atoms. The molecule has 1 atom stereocenters. The number of hydrogen-bond donors (Lipinski definition) is 2. The summed E-state index contributed by atoms with van der Waals surface area (Å²) in [6.45, 7) is 3.73. The summed E-state index contributed by atoms with van der Waals surface area (Å²) in [5.41, 5.74) is 1.33. The molecule has 3 rings (SSSR count). The largest absolute Gasteiger partial charge is 0.349 e. The van der Waals surface area contributed by atoms with Crippen molar-refractivity contribution in [1.29, 1.82) is 0 Å². The molecular formula is C22H28N4O4S. The Balaban J connectivity index is 1.64. The van der Waals surface area contributed by atoms with Crippen LogP contribution in [0.25, 0.3) is 0 Å². The summed E-state index contributed by atoms with van der Waals surface area (Å²) in [7, 11) is -1.58. The number of piperazine rings is 1. The van der Waals surface area contributed by atoms with Crippen molar-refractivity contribution in [2.75, 3.05) is 38.5 Å². The number of carbonyl (C=O) groups is 2. The van der Waals surface area contributed by atoms with Crippen LogP contribution in [0.2, 0.25) is 0 Å². The van der Waals surface area contributed by atoms with Gasteiger partial charge in [0.2, 0.25) is 21.8 Å². The third-order valence-electron chi connectivity index (χ3n) is 5.21. The van der Waals surface area contributed by atoms with Crippen molar-refractivity contribution in [2.24, 2.45) is 0 Å². The van der Waals surface area contributed by atoms with Crippen LogP contribution in [-0.2, 0) is 19.6 Å². The van der Waals surface area contributed by atoms with E-state index >= 15 is 0 Å². The van der Waals surface area contributed by atoms with Crippen molar-refractivity contribution >= 4 is 27.5 Å². The van der Waals surface area contributed by atoms with Crippen molar-refractivity contribution in [1.82, 2.24) is 14.5 Å². The molecule has 1 saturated heterocycles. The Labute approximate surface area is 183 Å². The lowest BCUT2D eigenvalue weighted by Crippen LogP contribution is -2.46. The molecule has 2 amide bonds. The molecule has 1 unspecified atom stereocenters. The molecular weight excluding hydrogens is 416 g/mol. The van der Waals surface area contributed by atoms with Gasteiger partial charge in [-0.1, -0.05) is 30.3 Å². The van der Waals surface area contributed by atoms with E-state index in [1.165, 1.54) is 23.4 Å². The van der Waals surface area contributed by atoms with Crippen molar-refractivity contribution < 1.29 is 18.0 Å². The zero-order valence-corrected chi connectivity index (χ0v) is 18.6. The number of hydrogen-bond acceptors (Lipinski definition) is 5. The zero-order valence-electron chi connectivity index (χ0n) is 17.7. The molecule has 2 N–H and O–H groups in total. The second kappa shape index (κ2) is 10.0. The van der Waals surface area contributed by atoms with Crippen molar-refractivity contribution in [3.63, 3.8) is 0 Å². The predicted octanol–water partition coefficient (Wildman–Crippen LogP) is 1.83. The van der Waals surface area contributed by atoms with Gasteiger partial charge in [-0.2, -0.15) is 4.31 Å².